The van der Waals surface area contributed by atoms with Gasteiger partial charge in [0.15, 0.2) is 0 Å². The van der Waals surface area contributed by atoms with Crippen LogP contribution in [0.25, 0.3) is 0 Å². The second-order valence-electron chi connectivity index (χ2n) is 5.96. The van der Waals surface area contributed by atoms with Crippen molar-refractivity contribution in [1.82, 2.24) is 0 Å². The Balaban J connectivity index is 2.01. The van der Waals surface area contributed by atoms with Gasteiger partial charge in [0.1, 0.15) is 0 Å². The first-order valence-corrected chi connectivity index (χ1v) is 6.48. The van der Waals surface area contributed by atoms with Crippen LogP contribution in [0.2, 0.25) is 0 Å². The number of nitrogens with zero attached hydrogens (tertiary/aromatic N) is 1. The molecule has 0 heterocycles. The SMILES string of the molecule is CCOC(=O)C[C@H]1C[C@H]2C[C@@H](C1N=O)C2(C)C. The number of hydrogen-bond acceptors (Lipinski definition) is 4. The van der Waals surface area contributed by atoms with Gasteiger partial charge in [-0.25, -0.2) is 0 Å². The van der Waals surface area contributed by atoms with E-state index in [0.717, 1.165) is 12.8 Å². The second-order valence-corrected chi connectivity index (χ2v) is 5.96. The van der Waals surface area contributed by atoms with E-state index >= 15 is 0 Å². The second kappa shape index (κ2) is 4.39. The van der Waals surface area contributed by atoms with Crippen molar-refractivity contribution in [2.45, 2.75) is 46.1 Å². The van der Waals surface area contributed by atoms with Gasteiger partial charge in [0, 0.05) is 0 Å². The van der Waals surface area contributed by atoms with Gasteiger partial charge in [-0.05, 0) is 42.9 Å². The van der Waals surface area contributed by atoms with E-state index < -0.39 is 0 Å². The molecular weight excluding hydrogens is 218 g/mol. The molecule has 0 aromatic carbocycles. The number of rotatable bonds is 4. The Bertz CT molecular complexity index is 327. The molecule has 0 radical (unpaired) electrons. The van der Waals surface area contributed by atoms with Crippen molar-refractivity contribution in [3.05, 3.63) is 4.91 Å². The normalized spacial score (nSPS) is 38.1. The average molecular weight is 239 g/mol. The van der Waals surface area contributed by atoms with Gasteiger partial charge in [-0.2, -0.15) is 4.91 Å². The summed E-state index contributed by atoms with van der Waals surface area (Å²) in [6.07, 6.45) is 2.40. The van der Waals surface area contributed by atoms with Crippen LogP contribution in [-0.2, 0) is 9.53 Å². The third-order valence-electron chi connectivity index (χ3n) is 4.88. The maximum absolute atomic E-state index is 11.5. The van der Waals surface area contributed by atoms with Crippen molar-refractivity contribution in [2.75, 3.05) is 6.61 Å². The topological polar surface area (TPSA) is 55.7 Å². The molecule has 3 fully saturated rings. The zero-order valence-electron chi connectivity index (χ0n) is 10.8. The molecule has 3 saturated carbocycles. The molecule has 0 aromatic rings. The van der Waals surface area contributed by atoms with E-state index in [9.17, 15) is 9.70 Å². The first kappa shape index (κ1) is 12.5. The van der Waals surface area contributed by atoms with Crippen LogP contribution in [0.4, 0.5) is 0 Å². The van der Waals surface area contributed by atoms with E-state index in [1.165, 1.54) is 0 Å². The molecule has 4 atom stereocenters. The maximum Gasteiger partial charge on any atom is 0.306 e. The van der Waals surface area contributed by atoms with Gasteiger partial charge in [-0.3, -0.25) is 4.79 Å². The predicted octanol–water partition coefficient (Wildman–Crippen LogP) is 2.76. The van der Waals surface area contributed by atoms with E-state index in [1.807, 2.05) is 0 Å². The molecule has 96 valence electrons. The van der Waals surface area contributed by atoms with Gasteiger partial charge < -0.3 is 4.74 Å². The smallest absolute Gasteiger partial charge is 0.306 e. The molecule has 2 bridgehead atoms. The fourth-order valence-electron chi connectivity index (χ4n) is 3.67. The molecule has 17 heavy (non-hydrogen) atoms. The molecule has 4 heteroatoms. The summed E-state index contributed by atoms with van der Waals surface area (Å²) in [6.45, 7) is 6.63. The number of ether oxygens (including phenoxy) is 1. The third-order valence-corrected chi connectivity index (χ3v) is 4.88. The molecule has 3 aliphatic carbocycles. The quantitative estimate of drug-likeness (QED) is 0.560. The molecule has 0 saturated heterocycles. The van der Waals surface area contributed by atoms with Crippen LogP contribution < -0.4 is 0 Å². The summed E-state index contributed by atoms with van der Waals surface area (Å²) in [4.78, 5) is 22.5. The third kappa shape index (κ3) is 1.98. The highest BCUT2D eigenvalue weighted by Gasteiger charge is 2.58. The Morgan fingerprint density at radius 1 is 1.41 bits per heavy atom. The highest BCUT2D eigenvalue weighted by Crippen LogP contribution is 2.61. The lowest BCUT2D eigenvalue weighted by atomic mass is 9.45. The van der Waals surface area contributed by atoms with E-state index in [1.54, 1.807) is 6.92 Å². The lowest BCUT2D eigenvalue weighted by Crippen LogP contribution is -2.57. The maximum atomic E-state index is 11.5. The van der Waals surface area contributed by atoms with Gasteiger partial charge in [-0.15, -0.1) is 0 Å². The first-order chi connectivity index (χ1) is 8.00. The summed E-state index contributed by atoms with van der Waals surface area (Å²) in [6, 6.07) is -0.195. The summed E-state index contributed by atoms with van der Waals surface area (Å²) < 4.78 is 4.96. The minimum atomic E-state index is -0.195. The first-order valence-electron chi connectivity index (χ1n) is 6.48. The van der Waals surface area contributed by atoms with Crippen LogP contribution in [0.15, 0.2) is 5.18 Å². The lowest BCUT2D eigenvalue weighted by molar-refractivity contribution is -0.150. The summed E-state index contributed by atoms with van der Waals surface area (Å²) in [7, 11) is 0. The fraction of sp³-hybridized carbons (Fsp3) is 0.923. The number of esters is 1. The summed E-state index contributed by atoms with van der Waals surface area (Å²) >= 11 is 0. The van der Waals surface area contributed by atoms with Crippen molar-refractivity contribution in [3.8, 4) is 0 Å². The molecule has 3 rings (SSSR count). The van der Waals surface area contributed by atoms with E-state index in [-0.39, 0.29) is 23.3 Å². The molecule has 1 unspecified atom stereocenters. The van der Waals surface area contributed by atoms with E-state index in [2.05, 4.69) is 19.0 Å². The number of nitroso groups, excluding NO2 is 1. The monoisotopic (exact) mass is 239 g/mol. The van der Waals surface area contributed by atoms with E-state index in [0.29, 0.717) is 24.9 Å². The molecule has 0 aliphatic heterocycles. The van der Waals surface area contributed by atoms with Crippen LogP contribution in [0, 0.1) is 28.1 Å². The van der Waals surface area contributed by atoms with Crippen LogP contribution in [0.3, 0.4) is 0 Å². The largest absolute Gasteiger partial charge is 0.466 e. The molecule has 0 spiro atoms. The highest BCUT2D eigenvalue weighted by molar-refractivity contribution is 5.69. The van der Waals surface area contributed by atoms with Crippen molar-refractivity contribution in [2.24, 2.45) is 28.3 Å². The van der Waals surface area contributed by atoms with Crippen molar-refractivity contribution < 1.29 is 9.53 Å². The molecular formula is C13H21NO3. The number of carbonyl (C=O) groups is 1. The van der Waals surface area contributed by atoms with Gasteiger partial charge >= 0.3 is 5.97 Å². The Hall–Kier alpha value is -0.930. The molecule has 0 amide bonds. The number of hydrogen-bond donors (Lipinski definition) is 0. The molecule has 0 N–H and O–H groups in total. The number of fused-ring (bicyclic) bond motifs is 2. The highest BCUT2D eigenvalue weighted by atomic mass is 16.5. The van der Waals surface area contributed by atoms with Crippen LogP contribution in [0.5, 0.6) is 0 Å². The Morgan fingerprint density at radius 2 is 2.12 bits per heavy atom. The van der Waals surface area contributed by atoms with Gasteiger partial charge in [0.05, 0.1) is 19.1 Å². The van der Waals surface area contributed by atoms with Gasteiger partial charge in [0.25, 0.3) is 0 Å². The standard InChI is InChI=1S/C13H21NO3/c1-4-17-11(15)6-8-5-9-7-10(12(8)14-16)13(9,2)3/h8-10,12H,4-7H2,1-3H3/t8-,9+,10+,12?/m1/s1. The molecule has 3 aliphatic rings. The average Bonchev–Trinajstić information content (AvgIpc) is 2.28. The molecule has 0 aromatic heterocycles. The Morgan fingerprint density at radius 3 is 2.65 bits per heavy atom. The van der Waals surface area contributed by atoms with Crippen LogP contribution in [0.1, 0.15) is 40.0 Å². The summed E-state index contributed by atoms with van der Waals surface area (Å²) in [5, 5.41) is 3.30. The summed E-state index contributed by atoms with van der Waals surface area (Å²) in [5.74, 6) is 0.914. The zero-order chi connectivity index (χ0) is 12.6. The molecule has 4 nitrogen and oxygen atoms in total. The minimum Gasteiger partial charge on any atom is -0.466 e. The fourth-order valence-corrected chi connectivity index (χ4v) is 3.67. The Labute approximate surface area is 102 Å². The van der Waals surface area contributed by atoms with Crippen LogP contribution in [-0.4, -0.2) is 18.6 Å². The van der Waals surface area contributed by atoms with Crippen molar-refractivity contribution in [3.63, 3.8) is 0 Å². The summed E-state index contributed by atoms with van der Waals surface area (Å²) in [5.41, 5.74) is 0.226. The van der Waals surface area contributed by atoms with Crippen LogP contribution >= 0.6 is 0 Å². The van der Waals surface area contributed by atoms with Crippen molar-refractivity contribution in [1.29, 1.82) is 0 Å². The van der Waals surface area contributed by atoms with Gasteiger partial charge in [-0.1, -0.05) is 19.0 Å². The van der Waals surface area contributed by atoms with E-state index in [4.69, 9.17) is 4.74 Å². The van der Waals surface area contributed by atoms with Gasteiger partial charge in [0.2, 0.25) is 0 Å². The minimum absolute atomic E-state index is 0.100. The predicted molar refractivity (Wildman–Crippen MR) is 64.3 cm³/mol. The van der Waals surface area contributed by atoms with Crippen molar-refractivity contribution >= 4 is 5.97 Å². The number of carbonyl (C=O) groups excluding carboxylic acids is 1. The lowest BCUT2D eigenvalue weighted by Gasteiger charge is -2.60. The Kier molecular flexibility index (Phi) is 3.23. The zero-order valence-corrected chi connectivity index (χ0v) is 10.8.